The highest BCUT2D eigenvalue weighted by Crippen LogP contribution is 2.68. The zero-order chi connectivity index (χ0) is 30.6. The average molecular weight is 614 g/mol. The molecule has 0 heterocycles. The van der Waals surface area contributed by atoms with Crippen molar-refractivity contribution in [3.05, 3.63) is 0 Å². The van der Waals surface area contributed by atoms with Crippen LogP contribution in [0.3, 0.4) is 0 Å². The summed E-state index contributed by atoms with van der Waals surface area (Å²) in [7, 11) is -4.43. The fraction of sp³-hybridized carbons (Fsp3) is 1.00. The van der Waals surface area contributed by atoms with Crippen molar-refractivity contribution in [1.82, 2.24) is 10.6 Å². The third-order valence-electron chi connectivity index (χ3n) is 12.8. The van der Waals surface area contributed by atoms with E-state index in [1.54, 1.807) is 0 Å². The first-order chi connectivity index (χ1) is 19.8. The Labute approximate surface area is 257 Å². The van der Waals surface area contributed by atoms with Crippen molar-refractivity contribution in [3.63, 3.8) is 0 Å². The summed E-state index contributed by atoms with van der Waals surface area (Å²) in [4.78, 5) is 0. The van der Waals surface area contributed by atoms with E-state index in [1.807, 2.05) is 13.8 Å². The van der Waals surface area contributed by atoms with E-state index in [4.69, 9.17) is 9.92 Å². The summed E-state index contributed by atoms with van der Waals surface area (Å²) in [6.07, 6.45) is 15.8. The maximum Gasteiger partial charge on any atom is 0.397 e. The van der Waals surface area contributed by atoms with Gasteiger partial charge in [-0.05, 0) is 156 Å². The normalized spacial score (nSPS) is 39.1. The van der Waals surface area contributed by atoms with Gasteiger partial charge in [0.05, 0.1) is 11.7 Å². The van der Waals surface area contributed by atoms with E-state index in [9.17, 15) is 18.1 Å². The van der Waals surface area contributed by atoms with Crippen LogP contribution in [-0.2, 0) is 14.6 Å². The lowest BCUT2D eigenvalue weighted by Crippen LogP contribution is -2.64. The van der Waals surface area contributed by atoms with Gasteiger partial charge in [0.15, 0.2) is 0 Å². The Bertz CT molecular complexity index is 965. The van der Waals surface area contributed by atoms with Crippen LogP contribution >= 0.6 is 0 Å². The van der Waals surface area contributed by atoms with Crippen LogP contribution in [0.2, 0.25) is 0 Å². The molecule has 9 atom stereocenters. The lowest BCUT2D eigenvalue weighted by atomic mass is 9.43. The molecule has 4 saturated carbocycles. The smallest absolute Gasteiger partial charge is 0.389 e. The molecule has 4 aliphatic rings. The average Bonchev–Trinajstić information content (AvgIpc) is 3.25. The zero-order valence-electron chi connectivity index (χ0n) is 27.1. The van der Waals surface area contributed by atoms with Crippen molar-refractivity contribution in [2.24, 2.45) is 46.2 Å². The number of hydrogen-bond acceptors (Lipinski definition) is 7. The number of fused-ring (bicyclic) bond motifs is 5. The SMILES string of the molecule is CC(C)C(CCCC1CCC2C3CC[C@@]4(O)CC(NCCCNCCCCN)CCC4(C)C3CCC12C)OS(=O)(=O)O. The molecule has 0 spiro atoms. The molecular weight excluding hydrogens is 550 g/mol. The minimum atomic E-state index is -4.43. The fourth-order valence-corrected chi connectivity index (χ4v) is 10.9. The standard InChI is InChI=1S/C33H63N3O5S/c1-24(2)30(41-42(38,39)40)10-7-9-25-11-12-28-27-14-18-33(37)23-26(36-22-8-21-35-20-6-5-19-34)13-17-32(33,4)29(27)15-16-31(25,28)3/h24-30,35-37H,5-23,34H2,1-4H3,(H,38,39,40)/t25?,26?,27?,28?,29?,30?,31?,32?,33-/m1/s1. The third kappa shape index (κ3) is 7.73. The second kappa shape index (κ2) is 14.4. The first kappa shape index (κ1) is 34.6. The van der Waals surface area contributed by atoms with Crippen molar-refractivity contribution in [2.45, 2.75) is 142 Å². The molecule has 0 radical (unpaired) electrons. The third-order valence-corrected chi connectivity index (χ3v) is 13.3. The van der Waals surface area contributed by atoms with Crippen LogP contribution in [0.4, 0.5) is 0 Å². The maximum absolute atomic E-state index is 12.2. The van der Waals surface area contributed by atoms with Gasteiger partial charge in [0.2, 0.25) is 0 Å². The number of nitrogens with one attached hydrogen (secondary N) is 2. The van der Waals surface area contributed by atoms with Crippen molar-refractivity contribution in [2.75, 3.05) is 26.2 Å². The lowest BCUT2D eigenvalue weighted by Gasteiger charge is -2.64. The van der Waals surface area contributed by atoms with Gasteiger partial charge in [-0.15, -0.1) is 0 Å². The van der Waals surface area contributed by atoms with Crippen LogP contribution < -0.4 is 16.4 Å². The number of aliphatic hydroxyl groups is 1. The van der Waals surface area contributed by atoms with Gasteiger partial charge in [-0.2, -0.15) is 8.42 Å². The molecule has 9 heteroatoms. The molecule has 0 aromatic heterocycles. The number of rotatable bonds is 16. The molecule has 246 valence electrons. The van der Waals surface area contributed by atoms with Crippen molar-refractivity contribution >= 4 is 10.4 Å². The highest BCUT2D eigenvalue weighted by Gasteiger charge is 2.64. The van der Waals surface area contributed by atoms with Gasteiger partial charge >= 0.3 is 10.4 Å². The summed E-state index contributed by atoms with van der Waals surface area (Å²) in [6.45, 7) is 12.7. The van der Waals surface area contributed by atoms with Gasteiger partial charge in [-0.1, -0.05) is 34.1 Å². The first-order valence-corrected chi connectivity index (χ1v) is 18.7. The van der Waals surface area contributed by atoms with E-state index in [0.717, 1.165) is 89.9 Å². The van der Waals surface area contributed by atoms with Crippen molar-refractivity contribution < 1.29 is 22.3 Å². The van der Waals surface area contributed by atoms with Crippen LogP contribution in [-0.4, -0.2) is 62.0 Å². The Morgan fingerprint density at radius 2 is 1.69 bits per heavy atom. The Balaban J connectivity index is 1.28. The van der Waals surface area contributed by atoms with E-state index in [2.05, 4.69) is 24.5 Å². The summed E-state index contributed by atoms with van der Waals surface area (Å²) in [6, 6.07) is 0.418. The Kier molecular flexibility index (Phi) is 11.9. The Morgan fingerprint density at radius 3 is 2.40 bits per heavy atom. The predicted molar refractivity (Wildman–Crippen MR) is 169 cm³/mol. The maximum atomic E-state index is 12.2. The molecule has 4 rings (SSSR count). The van der Waals surface area contributed by atoms with Crippen LogP contribution in [0.5, 0.6) is 0 Å². The minimum Gasteiger partial charge on any atom is -0.389 e. The second-order valence-corrected chi connectivity index (χ2v) is 16.5. The van der Waals surface area contributed by atoms with Gasteiger partial charge in [0.25, 0.3) is 0 Å². The Hall–Kier alpha value is -0.290. The number of nitrogens with two attached hydrogens (primary N) is 1. The van der Waals surface area contributed by atoms with E-state index in [-0.39, 0.29) is 11.3 Å². The minimum absolute atomic E-state index is 0.00959. The van der Waals surface area contributed by atoms with Crippen molar-refractivity contribution in [3.8, 4) is 0 Å². The molecule has 6 N–H and O–H groups in total. The molecule has 0 aromatic carbocycles. The first-order valence-electron chi connectivity index (χ1n) is 17.4. The van der Waals surface area contributed by atoms with Gasteiger partial charge in [-0.25, -0.2) is 4.18 Å². The highest BCUT2D eigenvalue weighted by atomic mass is 32.3. The molecule has 4 aliphatic carbocycles. The van der Waals surface area contributed by atoms with Crippen LogP contribution in [0.25, 0.3) is 0 Å². The van der Waals surface area contributed by atoms with E-state index in [1.165, 1.54) is 32.1 Å². The predicted octanol–water partition coefficient (Wildman–Crippen LogP) is 5.45. The van der Waals surface area contributed by atoms with Crippen molar-refractivity contribution in [1.29, 1.82) is 0 Å². The molecule has 0 saturated heterocycles. The van der Waals surface area contributed by atoms with Gasteiger partial charge in [-0.3, -0.25) is 4.55 Å². The fourth-order valence-electron chi connectivity index (χ4n) is 10.3. The quantitative estimate of drug-likeness (QED) is 0.115. The van der Waals surface area contributed by atoms with Gasteiger partial charge in [0, 0.05) is 6.04 Å². The van der Waals surface area contributed by atoms with E-state index in [0.29, 0.717) is 35.6 Å². The number of unbranched alkanes of at least 4 members (excludes halogenated alkanes) is 1. The molecule has 0 amide bonds. The number of hydrogen-bond donors (Lipinski definition) is 5. The summed E-state index contributed by atoms with van der Waals surface area (Å²) in [5.41, 5.74) is 5.36. The molecule has 0 bridgehead atoms. The second-order valence-electron chi connectivity index (χ2n) is 15.4. The van der Waals surface area contributed by atoms with Crippen LogP contribution in [0.1, 0.15) is 124 Å². The summed E-state index contributed by atoms with van der Waals surface area (Å²) in [5.74, 6) is 2.74. The highest BCUT2D eigenvalue weighted by molar-refractivity contribution is 7.80. The summed E-state index contributed by atoms with van der Waals surface area (Å²) in [5, 5.41) is 19.5. The molecule has 42 heavy (non-hydrogen) atoms. The molecule has 0 aliphatic heterocycles. The molecule has 0 aromatic rings. The van der Waals surface area contributed by atoms with E-state index >= 15 is 0 Å². The largest absolute Gasteiger partial charge is 0.397 e. The molecular formula is C33H63N3O5S. The topological polar surface area (TPSA) is 134 Å². The van der Waals surface area contributed by atoms with Gasteiger partial charge in [0.1, 0.15) is 0 Å². The molecule has 4 fully saturated rings. The van der Waals surface area contributed by atoms with Crippen LogP contribution in [0, 0.1) is 40.4 Å². The van der Waals surface area contributed by atoms with Crippen LogP contribution in [0.15, 0.2) is 0 Å². The summed E-state index contributed by atoms with van der Waals surface area (Å²) < 4.78 is 36.8. The van der Waals surface area contributed by atoms with Gasteiger partial charge < -0.3 is 21.5 Å². The summed E-state index contributed by atoms with van der Waals surface area (Å²) >= 11 is 0. The Morgan fingerprint density at radius 1 is 0.929 bits per heavy atom. The van der Waals surface area contributed by atoms with E-state index < -0.39 is 22.1 Å². The molecule has 8 unspecified atom stereocenters. The molecule has 8 nitrogen and oxygen atoms in total. The zero-order valence-corrected chi connectivity index (χ0v) is 27.9. The lowest BCUT2D eigenvalue weighted by molar-refractivity contribution is -0.208. The monoisotopic (exact) mass is 613 g/mol.